The van der Waals surface area contributed by atoms with Gasteiger partial charge in [0.2, 0.25) is 11.8 Å². The molecule has 0 heterocycles. The second-order valence-corrected chi connectivity index (χ2v) is 7.19. The average molecular weight is 392 g/mol. The van der Waals surface area contributed by atoms with Crippen LogP contribution < -0.4 is 15.4 Å². The second kappa shape index (κ2) is 10.5. The van der Waals surface area contributed by atoms with E-state index in [2.05, 4.69) is 10.6 Å². The lowest BCUT2D eigenvalue weighted by Gasteiger charge is -2.11. The highest BCUT2D eigenvalue weighted by Gasteiger charge is 2.22. The Morgan fingerprint density at radius 2 is 1.90 bits per heavy atom. The summed E-state index contributed by atoms with van der Waals surface area (Å²) in [4.78, 5) is 24.5. The summed E-state index contributed by atoms with van der Waals surface area (Å²) in [6.45, 7) is 2.89. The molecular weight excluding hydrogens is 364 g/mol. The first-order valence-corrected chi connectivity index (χ1v) is 10.2. The first kappa shape index (κ1) is 20.6. The van der Waals surface area contributed by atoms with E-state index in [1.165, 1.54) is 6.08 Å². The van der Waals surface area contributed by atoms with Crippen molar-refractivity contribution in [2.45, 2.75) is 39.2 Å². The van der Waals surface area contributed by atoms with Gasteiger partial charge in [0.05, 0.1) is 6.61 Å². The zero-order chi connectivity index (χ0) is 20.5. The summed E-state index contributed by atoms with van der Waals surface area (Å²) in [6.07, 6.45) is 7.46. The molecule has 1 fully saturated rings. The Hall–Kier alpha value is -3.08. The SMILES string of the molecule is CCOc1ccccc1C=CC(=O)NCc1cccc(NC(=O)C2CCCC2)c1. The molecule has 1 aliphatic carbocycles. The molecule has 2 aromatic rings. The maximum Gasteiger partial charge on any atom is 0.244 e. The third-order valence-electron chi connectivity index (χ3n) is 5.02. The van der Waals surface area contributed by atoms with E-state index in [1.54, 1.807) is 6.08 Å². The number of hydrogen-bond acceptors (Lipinski definition) is 3. The number of carbonyl (C=O) groups excluding carboxylic acids is 2. The molecule has 0 spiro atoms. The summed E-state index contributed by atoms with van der Waals surface area (Å²) < 4.78 is 5.56. The predicted octanol–water partition coefficient (Wildman–Crippen LogP) is 4.54. The topological polar surface area (TPSA) is 67.4 Å². The zero-order valence-corrected chi connectivity index (χ0v) is 16.8. The van der Waals surface area contributed by atoms with E-state index in [0.29, 0.717) is 13.2 Å². The lowest BCUT2D eigenvalue weighted by Crippen LogP contribution is -2.21. The van der Waals surface area contributed by atoms with Crippen LogP contribution in [0, 0.1) is 5.92 Å². The minimum Gasteiger partial charge on any atom is -0.493 e. The van der Waals surface area contributed by atoms with Gasteiger partial charge in [0, 0.05) is 29.8 Å². The van der Waals surface area contributed by atoms with E-state index in [1.807, 2.05) is 55.5 Å². The monoisotopic (exact) mass is 392 g/mol. The van der Waals surface area contributed by atoms with Gasteiger partial charge in [-0.2, -0.15) is 0 Å². The number of para-hydroxylation sites is 1. The molecular formula is C24H28N2O3. The lowest BCUT2D eigenvalue weighted by molar-refractivity contribution is -0.119. The van der Waals surface area contributed by atoms with Crippen LogP contribution in [0.15, 0.2) is 54.6 Å². The Morgan fingerprint density at radius 3 is 2.69 bits per heavy atom. The van der Waals surface area contributed by atoms with Crippen molar-refractivity contribution in [3.8, 4) is 5.75 Å². The van der Waals surface area contributed by atoms with Crippen LogP contribution in [0.4, 0.5) is 5.69 Å². The van der Waals surface area contributed by atoms with Gasteiger partial charge < -0.3 is 15.4 Å². The molecule has 0 aliphatic heterocycles. The highest BCUT2D eigenvalue weighted by Crippen LogP contribution is 2.26. The Balaban J connectivity index is 1.53. The van der Waals surface area contributed by atoms with E-state index in [0.717, 1.165) is 48.2 Å². The maximum atomic E-state index is 12.3. The molecule has 152 valence electrons. The van der Waals surface area contributed by atoms with Gasteiger partial charge in [0.15, 0.2) is 0 Å². The number of amides is 2. The highest BCUT2D eigenvalue weighted by molar-refractivity contribution is 5.93. The minimum absolute atomic E-state index is 0.0968. The predicted molar refractivity (Wildman–Crippen MR) is 116 cm³/mol. The molecule has 0 unspecified atom stereocenters. The summed E-state index contributed by atoms with van der Waals surface area (Å²) in [5.74, 6) is 0.795. The Kier molecular flexibility index (Phi) is 7.45. The number of nitrogens with one attached hydrogen (secondary N) is 2. The molecule has 0 bridgehead atoms. The van der Waals surface area contributed by atoms with Crippen LogP contribution in [0.1, 0.15) is 43.7 Å². The van der Waals surface area contributed by atoms with Gasteiger partial charge in [-0.25, -0.2) is 0 Å². The smallest absolute Gasteiger partial charge is 0.244 e. The highest BCUT2D eigenvalue weighted by atomic mass is 16.5. The van der Waals surface area contributed by atoms with Crippen molar-refractivity contribution in [3.05, 3.63) is 65.7 Å². The number of rotatable bonds is 8. The molecule has 5 nitrogen and oxygen atoms in total. The number of ether oxygens (including phenoxy) is 1. The van der Waals surface area contributed by atoms with Crippen molar-refractivity contribution in [2.24, 2.45) is 5.92 Å². The molecule has 1 saturated carbocycles. The molecule has 29 heavy (non-hydrogen) atoms. The average Bonchev–Trinajstić information content (AvgIpc) is 3.27. The fourth-order valence-electron chi connectivity index (χ4n) is 3.51. The van der Waals surface area contributed by atoms with Gasteiger partial charge >= 0.3 is 0 Å². The largest absolute Gasteiger partial charge is 0.493 e. The first-order chi connectivity index (χ1) is 14.2. The van der Waals surface area contributed by atoms with Crippen LogP contribution in [0.3, 0.4) is 0 Å². The molecule has 5 heteroatoms. The molecule has 2 aromatic carbocycles. The molecule has 0 atom stereocenters. The van der Waals surface area contributed by atoms with Gasteiger partial charge in [0.1, 0.15) is 5.75 Å². The van der Waals surface area contributed by atoms with E-state index in [-0.39, 0.29) is 17.7 Å². The second-order valence-electron chi connectivity index (χ2n) is 7.19. The number of carbonyl (C=O) groups is 2. The van der Waals surface area contributed by atoms with Crippen molar-refractivity contribution in [3.63, 3.8) is 0 Å². The summed E-state index contributed by atoms with van der Waals surface area (Å²) in [5.41, 5.74) is 2.57. The fraction of sp³-hybridized carbons (Fsp3) is 0.333. The van der Waals surface area contributed by atoms with Gasteiger partial charge in [0.25, 0.3) is 0 Å². The number of benzene rings is 2. The molecule has 3 rings (SSSR count). The summed E-state index contributed by atoms with van der Waals surface area (Å²) in [6, 6.07) is 15.2. The Labute approximate surface area is 172 Å². The summed E-state index contributed by atoms with van der Waals surface area (Å²) in [7, 11) is 0. The van der Waals surface area contributed by atoms with Crippen LogP contribution in [0.2, 0.25) is 0 Å². The summed E-state index contributed by atoms with van der Waals surface area (Å²) >= 11 is 0. The van der Waals surface area contributed by atoms with E-state index < -0.39 is 0 Å². The molecule has 1 aliphatic rings. The van der Waals surface area contributed by atoms with Crippen molar-refractivity contribution in [1.82, 2.24) is 5.32 Å². The summed E-state index contributed by atoms with van der Waals surface area (Å²) in [5, 5.41) is 5.87. The van der Waals surface area contributed by atoms with Crippen LogP contribution >= 0.6 is 0 Å². The molecule has 2 amide bonds. The zero-order valence-electron chi connectivity index (χ0n) is 16.8. The third-order valence-corrected chi connectivity index (χ3v) is 5.02. The number of anilines is 1. The van der Waals surface area contributed by atoms with Gasteiger partial charge in [-0.15, -0.1) is 0 Å². The molecule has 2 N–H and O–H groups in total. The molecule has 0 aromatic heterocycles. The minimum atomic E-state index is -0.184. The van der Waals surface area contributed by atoms with Crippen molar-refractivity contribution >= 4 is 23.6 Å². The van der Waals surface area contributed by atoms with Gasteiger partial charge in [-0.3, -0.25) is 9.59 Å². The van der Waals surface area contributed by atoms with E-state index in [9.17, 15) is 9.59 Å². The molecule has 0 saturated heterocycles. The standard InChI is InChI=1S/C24H28N2O3/c1-2-29-22-13-6-5-9-19(22)14-15-23(27)25-17-18-8-7-12-21(16-18)26-24(28)20-10-3-4-11-20/h5-9,12-16,20H,2-4,10-11,17H2,1H3,(H,25,27)(H,26,28). The third kappa shape index (κ3) is 6.21. The first-order valence-electron chi connectivity index (χ1n) is 10.2. The van der Waals surface area contributed by atoms with Crippen molar-refractivity contribution in [2.75, 3.05) is 11.9 Å². The van der Waals surface area contributed by atoms with Crippen LogP contribution in [-0.2, 0) is 16.1 Å². The molecule has 0 radical (unpaired) electrons. The fourth-order valence-corrected chi connectivity index (χ4v) is 3.51. The van der Waals surface area contributed by atoms with Crippen molar-refractivity contribution in [1.29, 1.82) is 0 Å². The van der Waals surface area contributed by atoms with Gasteiger partial charge in [-0.1, -0.05) is 43.2 Å². The van der Waals surface area contributed by atoms with Crippen LogP contribution in [-0.4, -0.2) is 18.4 Å². The number of hydrogen-bond donors (Lipinski definition) is 2. The normalized spacial score (nSPS) is 14.1. The Morgan fingerprint density at radius 1 is 1.10 bits per heavy atom. The van der Waals surface area contributed by atoms with Gasteiger partial charge in [-0.05, 0) is 49.6 Å². The van der Waals surface area contributed by atoms with Crippen molar-refractivity contribution < 1.29 is 14.3 Å². The van der Waals surface area contributed by atoms with E-state index in [4.69, 9.17) is 4.74 Å². The van der Waals surface area contributed by atoms with Crippen LogP contribution in [0.25, 0.3) is 6.08 Å². The lowest BCUT2D eigenvalue weighted by atomic mass is 10.1. The van der Waals surface area contributed by atoms with Crippen LogP contribution in [0.5, 0.6) is 5.75 Å². The quantitative estimate of drug-likeness (QED) is 0.648. The van der Waals surface area contributed by atoms with E-state index >= 15 is 0 Å². The maximum absolute atomic E-state index is 12.3. The Bertz CT molecular complexity index is 870.